The van der Waals surface area contributed by atoms with E-state index in [-0.39, 0.29) is 18.6 Å². The monoisotopic (exact) mass is 274 g/mol. The van der Waals surface area contributed by atoms with Crippen molar-refractivity contribution in [2.45, 2.75) is 31.7 Å². The first-order chi connectivity index (χ1) is 9.76. The van der Waals surface area contributed by atoms with Crippen LogP contribution in [0.5, 0.6) is 0 Å². The SMILES string of the molecule is O=C(NC1CCC(CO)CC1)c1ccc2nncn2c1. The van der Waals surface area contributed by atoms with Crippen LogP contribution in [-0.2, 0) is 0 Å². The van der Waals surface area contributed by atoms with E-state index in [1.165, 1.54) is 0 Å². The van der Waals surface area contributed by atoms with Crippen molar-refractivity contribution in [3.63, 3.8) is 0 Å². The molecule has 2 N–H and O–H groups in total. The molecule has 0 unspecified atom stereocenters. The molecule has 6 nitrogen and oxygen atoms in total. The van der Waals surface area contributed by atoms with Crippen LogP contribution in [0.2, 0.25) is 0 Å². The molecule has 1 aliphatic rings. The van der Waals surface area contributed by atoms with E-state index >= 15 is 0 Å². The quantitative estimate of drug-likeness (QED) is 0.875. The molecule has 0 saturated heterocycles. The van der Waals surface area contributed by atoms with Crippen molar-refractivity contribution in [2.75, 3.05) is 6.61 Å². The number of pyridine rings is 1. The molecule has 106 valence electrons. The molecule has 1 saturated carbocycles. The average Bonchev–Trinajstić information content (AvgIpc) is 2.95. The lowest BCUT2D eigenvalue weighted by molar-refractivity contribution is 0.0913. The molecule has 6 heteroatoms. The summed E-state index contributed by atoms with van der Waals surface area (Å²) in [6.45, 7) is 0.255. The molecule has 0 radical (unpaired) electrons. The van der Waals surface area contributed by atoms with E-state index < -0.39 is 0 Å². The minimum absolute atomic E-state index is 0.0620. The maximum atomic E-state index is 12.2. The normalized spacial score (nSPS) is 22.9. The summed E-state index contributed by atoms with van der Waals surface area (Å²) in [7, 11) is 0. The number of carbonyl (C=O) groups excluding carboxylic acids is 1. The largest absolute Gasteiger partial charge is 0.396 e. The number of hydrogen-bond donors (Lipinski definition) is 2. The van der Waals surface area contributed by atoms with Crippen LogP contribution >= 0.6 is 0 Å². The van der Waals surface area contributed by atoms with Gasteiger partial charge in [-0.3, -0.25) is 9.20 Å². The zero-order valence-electron chi connectivity index (χ0n) is 11.2. The Morgan fingerprint density at radius 2 is 2.15 bits per heavy atom. The molecule has 2 aromatic heterocycles. The predicted octanol–water partition coefficient (Wildman–Crippen LogP) is 1.01. The standard InChI is InChI=1S/C14H18N4O2/c19-8-10-1-4-12(5-2-10)16-14(20)11-3-6-13-17-15-9-18(13)7-11/h3,6-7,9-10,12,19H,1-2,4-5,8H2,(H,16,20). The van der Waals surface area contributed by atoms with Crippen molar-refractivity contribution < 1.29 is 9.90 Å². The molecule has 1 amide bonds. The maximum Gasteiger partial charge on any atom is 0.252 e. The van der Waals surface area contributed by atoms with Gasteiger partial charge in [0.2, 0.25) is 0 Å². The summed E-state index contributed by atoms with van der Waals surface area (Å²) < 4.78 is 1.73. The second-order valence-corrected chi connectivity index (χ2v) is 5.39. The first kappa shape index (κ1) is 13.1. The van der Waals surface area contributed by atoms with Crippen molar-refractivity contribution in [1.29, 1.82) is 0 Å². The summed E-state index contributed by atoms with van der Waals surface area (Å²) in [6.07, 6.45) is 7.15. The number of aromatic nitrogens is 3. The van der Waals surface area contributed by atoms with Crippen LogP contribution < -0.4 is 5.32 Å². The Balaban J connectivity index is 1.64. The molecule has 1 fully saturated rings. The number of nitrogens with zero attached hydrogens (tertiary/aromatic N) is 3. The van der Waals surface area contributed by atoms with Gasteiger partial charge in [-0.25, -0.2) is 0 Å². The zero-order chi connectivity index (χ0) is 13.9. The van der Waals surface area contributed by atoms with Gasteiger partial charge in [-0.15, -0.1) is 10.2 Å². The van der Waals surface area contributed by atoms with Gasteiger partial charge in [0.15, 0.2) is 5.65 Å². The van der Waals surface area contributed by atoms with Crippen LogP contribution in [0.25, 0.3) is 5.65 Å². The summed E-state index contributed by atoms with van der Waals surface area (Å²) >= 11 is 0. The molecule has 2 aromatic rings. The lowest BCUT2D eigenvalue weighted by Gasteiger charge is -2.27. The van der Waals surface area contributed by atoms with E-state index in [9.17, 15) is 4.79 Å². The molecule has 0 atom stereocenters. The summed E-state index contributed by atoms with van der Waals surface area (Å²) in [5, 5.41) is 19.9. The van der Waals surface area contributed by atoms with Crippen LogP contribution in [0.15, 0.2) is 24.7 Å². The Morgan fingerprint density at radius 1 is 1.35 bits per heavy atom. The molecule has 2 heterocycles. The van der Waals surface area contributed by atoms with E-state index in [2.05, 4.69) is 15.5 Å². The maximum absolute atomic E-state index is 12.2. The van der Waals surface area contributed by atoms with Gasteiger partial charge in [0.1, 0.15) is 6.33 Å². The van der Waals surface area contributed by atoms with E-state index in [0.29, 0.717) is 11.5 Å². The third-order valence-electron chi connectivity index (χ3n) is 3.99. The summed E-state index contributed by atoms with van der Waals surface area (Å²) in [5.74, 6) is 0.338. The molecule has 0 aromatic carbocycles. The zero-order valence-corrected chi connectivity index (χ0v) is 11.2. The number of amides is 1. The highest BCUT2D eigenvalue weighted by Crippen LogP contribution is 2.23. The van der Waals surface area contributed by atoms with Gasteiger partial charge in [0.05, 0.1) is 5.56 Å². The Labute approximate surface area is 116 Å². The Bertz CT molecular complexity index is 602. The fourth-order valence-corrected chi connectivity index (χ4v) is 2.72. The third-order valence-corrected chi connectivity index (χ3v) is 3.99. The van der Waals surface area contributed by atoms with Gasteiger partial charge in [0, 0.05) is 18.8 Å². The summed E-state index contributed by atoms with van der Waals surface area (Å²) in [5.41, 5.74) is 1.34. The molecular formula is C14H18N4O2. The number of aliphatic hydroxyl groups excluding tert-OH is 1. The first-order valence-electron chi connectivity index (χ1n) is 6.97. The number of hydrogen-bond acceptors (Lipinski definition) is 4. The van der Waals surface area contributed by atoms with E-state index in [4.69, 9.17) is 5.11 Å². The lowest BCUT2D eigenvalue weighted by Crippen LogP contribution is -2.38. The average molecular weight is 274 g/mol. The summed E-state index contributed by atoms with van der Waals surface area (Å²) in [6, 6.07) is 3.76. The van der Waals surface area contributed by atoms with Crippen molar-refractivity contribution in [1.82, 2.24) is 19.9 Å². The van der Waals surface area contributed by atoms with Gasteiger partial charge in [-0.2, -0.15) is 0 Å². The number of fused-ring (bicyclic) bond motifs is 1. The van der Waals surface area contributed by atoms with Crippen LogP contribution in [-0.4, -0.2) is 38.3 Å². The van der Waals surface area contributed by atoms with Gasteiger partial charge in [-0.05, 0) is 43.7 Å². The number of nitrogens with one attached hydrogen (secondary N) is 1. The van der Waals surface area contributed by atoms with Gasteiger partial charge >= 0.3 is 0 Å². The number of rotatable bonds is 3. The fraction of sp³-hybridized carbons (Fsp3) is 0.500. The molecule has 0 aliphatic heterocycles. The summed E-state index contributed by atoms with van der Waals surface area (Å²) in [4.78, 5) is 12.2. The molecule has 3 rings (SSSR count). The minimum Gasteiger partial charge on any atom is -0.396 e. The second-order valence-electron chi connectivity index (χ2n) is 5.39. The van der Waals surface area contributed by atoms with Crippen LogP contribution in [0.4, 0.5) is 0 Å². The Kier molecular flexibility index (Phi) is 3.64. The second kappa shape index (κ2) is 5.58. The van der Waals surface area contributed by atoms with Gasteiger partial charge in [-0.1, -0.05) is 0 Å². The van der Waals surface area contributed by atoms with E-state index in [0.717, 1.165) is 31.3 Å². The van der Waals surface area contributed by atoms with Crippen molar-refractivity contribution in [3.8, 4) is 0 Å². The van der Waals surface area contributed by atoms with Crippen molar-refractivity contribution >= 4 is 11.6 Å². The molecule has 0 bridgehead atoms. The highest BCUT2D eigenvalue weighted by Gasteiger charge is 2.22. The van der Waals surface area contributed by atoms with Crippen molar-refractivity contribution in [2.24, 2.45) is 5.92 Å². The van der Waals surface area contributed by atoms with Crippen LogP contribution in [0, 0.1) is 5.92 Å². The molecular weight excluding hydrogens is 256 g/mol. The smallest absolute Gasteiger partial charge is 0.252 e. The molecule has 0 spiro atoms. The topological polar surface area (TPSA) is 79.5 Å². The Morgan fingerprint density at radius 3 is 2.90 bits per heavy atom. The van der Waals surface area contributed by atoms with Gasteiger partial charge in [0.25, 0.3) is 5.91 Å². The minimum atomic E-state index is -0.0620. The first-order valence-corrected chi connectivity index (χ1v) is 6.97. The Hall–Kier alpha value is -1.95. The van der Waals surface area contributed by atoms with Crippen molar-refractivity contribution in [3.05, 3.63) is 30.2 Å². The highest BCUT2D eigenvalue weighted by molar-refractivity contribution is 5.94. The number of carbonyl (C=O) groups is 1. The highest BCUT2D eigenvalue weighted by atomic mass is 16.3. The predicted molar refractivity (Wildman–Crippen MR) is 73.3 cm³/mol. The van der Waals surface area contributed by atoms with E-state index in [1.54, 1.807) is 29.1 Å². The third kappa shape index (κ3) is 2.65. The van der Waals surface area contributed by atoms with Crippen LogP contribution in [0.3, 0.4) is 0 Å². The molecule has 1 aliphatic carbocycles. The lowest BCUT2D eigenvalue weighted by atomic mass is 9.86. The van der Waals surface area contributed by atoms with E-state index in [1.807, 2.05) is 0 Å². The van der Waals surface area contributed by atoms with Crippen LogP contribution in [0.1, 0.15) is 36.0 Å². The molecule has 20 heavy (non-hydrogen) atoms. The number of aliphatic hydroxyl groups is 1. The van der Waals surface area contributed by atoms with Gasteiger partial charge < -0.3 is 10.4 Å². The fourth-order valence-electron chi connectivity index (χ4n) is 2.72.